The Morgan fingerprint density at radius 1 is 1.24 bits per heavy atom. The summed E-state index contributed by atoms with van der Waals surface area (Å²) in [6.45, 7) is 3.06. The minimum atomic E-state index is -3.81. The lowest BCUT2D eigenvalue weighted by Gasteiger charge is -2.21. The van der Waals surface area contributed by atoms with E-state index in [0.717, 1.165) is 36.3 Å². The molecule has 0 radical (unpaired) electrons. The highest BCUT2D eigenvalue weighted by molar-refractivity contribution is 6.20. The average molecular weight is 484 g/mol. The fourth-order valence-corrected chi connectivity index (χ4v) is 4.29. The molecule has 1 N–H and O–H groups in total. The standard InChI is InChI=1S/C24H20ClF2N5O2/c1-14-4-9-21-30-20-12-15(11-18(22(20)32(21)13-14)19-3-2-10-28-31-19)23(33)29-16-5-7-17(8-6-16)34-24(25,26)27/h2-3,5-8,10-12,14H,4,9,13H2,1H3,(H,29,33)/t14-/m0/s1. The Morgan fingerprint density at radius 3 is 2.74 bits per heavy atom. The molecule has 0 unspecified atom stereocenters. The molecule has 0 spiro atoms. The lowest BCUT2D eigenvalue weighted by Crippen LogP contribution is -2.18. The highest BCUT2D eigenvalue weighted by atomic mass is 35.5. The molecule has 10 heteroatoms. The first kappa shape index (κ1) is 22.2. The lowest BCUT2D eigenvalue weighted by molar-refractivity contribution is -0.0964. The molecule has 7 nitrogen and oxygen atoms in total. The molecule has 1 atom stereocenters. The van der Waals surface area contributed by atoms with E-state index in [0.29, 0.717) is 28.4 Å². The van der Waals surface area contributed by atoms with Gasteiger partial charge in [-0.2, -0.15) is 10.2 Å². The van der Waals surface area contributed by atoms with Crippen LogP contribution >= 0.6 is 11.6 Å². The molecule has 3 heterocycles. The summed E-state index contributed by atoms with van der Waals surface area (Å²) < 4.78 is 32.1. The minimum absolute atomic E-state index is 0.123. The number of hydrogen-bond acceptors (Lipinski definition) is 5. The third-order valence-corrected chi connectivity index (χ3v) is 5.81. The molecule has 1 amide bonds. The van der Waals surface area contributed by atoms with Gasteiger partial charge in [0.1, 0.15) is 11.6 Å². The van der Waals surface area contributed by atoms with Gasteiger partial charge in [-0.15, -0.1) is 8.78 Å². The number of amides is 1. The van der Waals surface area contributed by atoms with Crippen molar-refractivity contribution in [2.45, 2.75) is 31.9 Å². The topological polar surface area (TPSA) is 81.9 Å². The van der Waals surface area contributed by atoms with E-state index in [1.54, 1.807) is 24.4 Å². The second-order valence-electron chi connectivity index (χ2n) is 8.31. The van der Waals surface area contributed by atoms with Gasteiger partial charge in [0, 0.05) is 47.6 Å². The molecule has 1 aliphatic rings. The number of alkyl halides is 3. The van der Waals surface area contributed by atoms with Crippen molar-refractivity contribution in [1.82, 2.24) is 19.7 Å². The number of ether oxygens (including phenoxy) is 1. The molecule has 0 saturated carbocycles. The number of halogens is 3. The minimum Gasteiger partial charge on any atom is -0.420 e. The summed E-state index contributed by atoms with van der Waals surface area (Å²) in [5, 5.41) is 11.0. The van der Waals surface area contributed by atoms with Crippen molar-refractivity contribution in [3.05, 3.63) is 66.1 Å². The number of aromatic nitrogens is 4. The van der Waals surface area contributed by atoms with Crippen LogP contribution in [0, 0.1) is 5.92 Å². The van der Waals surface area contributed by atoms with Gasteiger partial charge in [0.05, 0.1) is 16.7 Å². The van der Waals surface area contributed by atoms with Crippen LogP contribution in [0.4, 0.5) is 14.5 Å². The predicted molar refractivity (Wildman–Crippen MR) is 124 cm³/mol. The predicted octanol–water partition coefficient (Wildman–Crippen LogP) is 5.50. The van der Waals surface area contributed by atoms with Crippen LogP contribution in [0.1, 0.15) is 29.5 Å². The number of carbonyl (C=O) groups is 1. The van der Waals surface area contributed by atoms with Crippen molar-refractivity contribution < 1.29 is 18.3 Å². The van der Waals surface area contributed by atoms with Gasteiger partial charge in [0.2, 0.25) is 0 Å². The number of hydrogen-bond donors (Lipinski definition) is 1. The summed E-state index contributed by atoms with van der Waals surface area (Å²) >= 11 is 4.79. The molecule has 0 aliphatic carbocycles. The third-order valence-electron chi connectivity index (χ3n) is 5.73. The molecule has 0 bridgehead atoms. The van der Waals surface area contributed by atoms with Crippen LogP contribution in [0.15, 0.2) is 54.7 Å². The van der Waals surface area contributed by atoms with Crippen LogP contribution in [0.3, 0.4) is 0 Å². The van der Waals surface area contributed by atoms with Crippen molar-refractivity contribution in [2.24, 2.45) is 5.92 Å². The summed E-state index contributed by atoms with van der Waals surface area (Å²) in [5.74, 6) is 1.01. The molecule has 0 saturated heterocycles. The van der Waals surface area contributed by atoms with Crippen LogP contribution in [0.5, 0.6) is 5.75 Å². The second-order valence-corrected chi connectivity index (χ2v) is 8.75. The number of nitrogens with one attached hydrogen (secondary N) is 1. The highest BCUT2D eigenvalue weighted by Crippen LogP contribution is 2.33. The Bertz CT molecular complexity index is 1350. The number of nitrogens with zero attached hydrogens (tertiary/aromatic N) is 4. The summed E-state index contributed by atoms with van der Waals surface area (Å²) in [7, 11) is 0. The first-order valence-corrected chi connectivity index (χ1v) is 11.1. The Hall–Kier alpha value is -3.59. The van der Waals surface area contributed by atoms with Crippen molar-refractivity contribution in [2.75, 3.05) is 5.32 Å². The van der Waals surface area contributed by atoms with Crippen molar-refractivity contribution in [3.63, 3.8) is 0 Å². The van der Waals surface area contributed by atoms with Gasteiger partial charge >= 0.3 is 5.57 Å². The van der Waals surface area contributed by atoms with Gasteiger partial charge in [-0.3, -0.25) is 4.79 Å². The molecule has 0 fully saturated rings. The number of fused-ring (bicyclic) bond motifs is 3. The number of rotatable bonds is 5. The Kier molecular flexibility index (Phi) is 5.65. The summed E-state index contributed by atoms with van der Waals surface area (Å²) in [4.78, 5) is 17.9. The van der Waals surface area contributed by atoms with E-state index in [1.165, 1.54) is 24.3 Å². The number of anilines is 1. The number of benzene rings is 2. The molecular weight excluding hydrogens is 464 g/mol. The van der Waals surface area contributed by atoms with Crippen molar-refractivity contribution in [1.29, 1.82) is 0 Å². The maximum Gasteiger partial charge on any atom is 0.487 e. The van der Waals surface area contributed by atoms with Crippen molar-refractivity contribution in [3.8, 4) is 17.0 Å². The molecule has 2 aromatic heterocycles. The second kappa shape index (κ2) is 8.64. The van der Waals surface area contributed by atoms with Gasteiger partial charge in [-0.05, 0) is 60.9 Å². The smallest absolute Gasteiger partial charge is 0.420 e. The van der Waals surface area contributed by atoms with Crippen molar-refractivity contribution >= 4 is 34.2 Å². The SMILES string of the molecule is C[C@H]1CCc2nc3cc(C(=O)Nc4ccc(OC(F)(F)Cl)cc4)cc(-c4cccnn4)c3n2C1. The van der Waals surface area contributed by atoms with Gasteiger partial charge in [0.25, 0.3) is 5.91 Å². The monoisotopic (exact) mass is 483 g/mol. The Balaban J connectivity index is 1.51. The quantitative estimate of drug-likeness (QED) is 0.379. The molecule has 1 aliphatic heterocycles. The maximum absolute atomic E-state index is 13.1. The first-order valence-electron chi connectivity index (χ1n) is 10.8. The molecule has 4 aromatic rings. The number of imidazole rings is 1. The van der Waals surface area contributed by atoms with E-state index < -0.39 is 5.57 Å². The Morgan fingerprint density at radius 2 is 2.03 bits per heavy atom. The molecule has 2 aromatic carbocycles. The van der Waals surface area contributed by atoms with E-state index in [9.17, 15) is 13.6 Å². The van der Waals surface area contributed by atoms with E-state index in [-0.39, 0.29) is 11.7 Å². The van der Waals surface area contributed by atoms with E-state index in [2.05, 4.69) is 31.7 Å². The van der Waals surface area contributed by atoms with Crippen LogP contribution in [0.2, 0.25) is 0 Å². The largest absolute Gasteiger partial charge is 0.487 e. The first-order chi connectivity index (χ1) is 16.3. The zero-order chi connectivity index (χ0) is 23.9. The van der Waals surface area contributed by atoms with Gasteiger partial charge in [-0.1, -0.05) is 6.92 Å². The van der Waals surface area contributed by atoms with Crippen LogP contribution < -0.4 is 10.1 Å². The van der Waals surface area contributed by atoms with Crippen LogP contribution in [0.25, 0.3) is 22.3 Å². The van der Waals surface area contributed by atoms with Gasteiger partial charge in [-0.25, -0.2) is 4.98 Å². The highest BCUT2D eigenvalue weighted by Gasteiger charge is 2.27. The summed E-state index contributed by atoms with van der Waals surface area (Å²) in [6, 6.07) is 12.7. The molecule has 34 heavy (non-hydrogen) atoms. The van der Waals surface area contributed by atoms with Crippen LogP contribution in [-0.4, -0.2) is 31.2 Å². The van der Waals surface area contributed by atoms with E-state index >= 15 is 0 Å². The maximum atomic E-state index is 13.1. The zero-order valence-corrected chi connectivity index (χ0v) is 18.9. The molecule has 174 valence electrons. The fourth-order valence-electron chi connectivity index (χ4n) is 4.20. The Labute approximate surface area is 198 Å². The number of aryl methyl sites for hydroxylation is 1. The normalized spacial score (nSPS) is 15.7. The van der Waals surface area contributed by atoms with Gasteiger partial charge in [0.15, 0.2) is 0 Å². The lowest BCUT2D eigenvalue weighted by atomic mass is 10.0. The van der Waals surface area contributed by atoms with E-state index in [4.69, 9.17) is 16.6 Å². The fraction of sp³-hybridized carbons (Fsp3) is 0.250. The summed E-state index contributed by atoms with van der Waals surface area (Å²) in [6.07, 6.45) is 3.53. The van der Waals surface area contributed by atoms with E-state index in [1.807, 2.05) is 6.07 Å². The third kappa shape index (κ3) is 4.56. The average Bonchev–Trinajstić information content (AvgIpc) is 3.17. The summed E-state index contributed by atoms with van der Waals surface area (Å²) in [5.41, 5.74) is 0.0628. The number of carbonyl (C=O) groups excluding carboxylic acids is 1. The molecule has 5 rings (SSSR count). The molecular formula is C24H20ClF2N5O2. The van der Waals surface area contributed by atoms with Gasteiger partial charge < -0.3 is 14.6 Å². The van der Waals surface area contributed by atoms with Crippen LogP contribution in [-0.2, 0) is 13.0 Å². The zero-order valence-electron chi connectivity index (χ0n) is 18.1.